The van der Waals surface area contributed by atoms with Gasteiger partial charge in [0.25, 0.3) is 0 Å². The molecule has 0 aromatic rings. The van der Waals surface area contributed by atoms with Gasteiger partial charge >= 0.3 is 12.1 Å². The molecule has 0 saturated carbocycles. The van der Waals surface area contributed by atoms with Gasteiger partial charge in [-0.15, -0.1) is 0 Å². The van der Waals surface area contributed by atoms with Crippen molar-refractivity contribution < 1.29 is 9.59 Å². The van der Waals surface area contributed by atoms with Gasteiger partial charge in [0, 0.05) is 52.4 Å². The molecule has 0 radical (unpaired) electrons. The third-order valence-electron chi connectivity index (χ3n) is 3.26. The molecular weight excluding hydrogens is 208 g/mol. The molecule has 3 fully saturated rings. The Kier molecular flexibility index (Phi) is 2.15. The molecule has 0 bridgehead atoms. The fourth-order valence-electron chi connectivity index (χ4n) is 1.97. The molecular formula is C10H16N4O2. The molecule has 16 heavy (non-hydrogen) atoms. The lowest BCUT2D eigenvalue weighted by Crippen LogP contribution is -2.52. The summed E-state index contributed by atoms with van der Waals surface area (Å²) in [7, 11) is 0. The maximum Gasteiger partial charge on any atom is 0.320 e. The van der Waals surface area contributed by atoms with E-state index in [9.17, 15) is 9.59 Å². The third kappa shape index (κ3) is 1.79. The van der Waals surface area contributed by atoms with Crippen LogP contribution >= 0.6 is 0 Å². The molecule has 0 aromatic carbocycles. The highest BCUT2D eigenvalue weighted by atomic mass is 16.2. The lowest BCUT2D eigenvalue weighted by atomic mass is 10.3. The van der Waals surface area contributed by atoms with Crippen molar-refractivity contribution in [1.82, 2.24) is 19.6 Å². The number of urea groups is 2. The highest BCUT2D eigenvalue weighted by Crippen LogP contribution is 2.14. The zero-order chi connectivity index (χ0) is 11.1. The maximum absolute atomic E-state index is 11.7. The zero-order valence-electron chi connectivity index (χ0n) is 9.26. The van der Waals surface area contributed by atoms with Crippen molar-refractivity contribution in [2.75, 3.05) is 52.4 Å². The number of carbonyl (C=O) groups excluding carboxylic acids is 2. The second-order valence-electron chi connectivity index (χ2n) is 4.51. The Morgan fingerprint density at radius 1 is 0.500 bits per heavy atom. The van der Waals surface area contributed by atoms with Crippen LogP contribution in [0.25, 0.3) is 0 Å². The van der Waals surface area contributed by atoms with E-state index in [0.29, 0.717) is 26.2 Å². The van der Waals surface area contributed by atoms with Crippen molar-refractivity contribution in [3.05, 3.63) is 0 Å². The fraction of sp³-hybridized carbons (Fsp3) is 0.800. The maximum atomic E-state index is 11.7. The van der Waals surface area contributed by atoms with Gasteiger partial charge in [-0.25, -0.2) is 9.59 Å². The summed E-state index contributed by atoms with van der Waals surface area (Å²) in [6.07, 6.45) is 0. The van der Waals surface area contributed by atoms with Crippen LogP contribution < -0.4 is 0 Å². The van der Waals surface area contributed by atoms with Crippen LogP contribution in [0, 0.1) is 0 Å². The van der Waals surface area contributed by atoms with E-state index in [1.54, 1.807) is 0 Å². The zero-order valence-corrected chi connectivity index (χ0v) is 9.26. The van der Waals surface area contributed by atoms with Crippen LogP contribution in [-0.4, -0.2) is 84.0 Å². The van der Waals surface area contributed by atoms with Gasteiger partial charge in [-0.2, -0.15) is 0 Å². The largest absolute Gasteiger partial charge is 0.321 e. The van der Waals surface area contributed by atoms with Gasteiger partial charge in [0.2, 0.25) is 0 Å². The van der Waals surface area contributed by atoms with Crippen LogP contribution in [0.3, 0.4) is 0 Å². The Labute approximate surface area is 94.4 Å². The average molecular weight is 224 g/mol. The molecule has 3 saturated heterocycles. The summed E-state index contributed by atoms with van der Waals surface area (Å²) in [6, 6.07) is 0.276. The first-order valence-corrected chi connectivity index (χ1v) is 5.83. The fourth-order valence-corrected chi connectivity index (χ4v) is 1.97. The predicted molar refractivity (Wildman–Crippen MR) is 57.1 cm³/mol. The highest BCUT2D eigenvalue weighted by molar-refractivity contribution is 5.78. The van der Waals surface area contributed by atoms with Gasteiger partial charge in [0.1, 0.15) is 0 Å². The van der Waals surface area contributed by atoms with Crippen LogP contribution in [0.2, 0.25) is 0 Å². The number of piperazine rings is 1. The highest BCUT2D eigenvalue weighted by Gasteiger charge is 2.34. The topological polar surface area (TPSA) is 46.6 Å². The van der Waals surface area contributed by atoms with Gasteiger partial charge < -0.3 is 19.6 Å². The predicted octanol–water partition coefficient (Wildman–Crippen LogP) is -0.525. The second kappa shape index (κ2) is 3.54. The van der Waals surface area contributed by atoms with E-state index in [1.807, 2.05) is 19.6 Å². The molecule has 4 amide bonds. The Balaban J connectivity index is 1.50. The minimum Gasteiger partial charge on any atom is -0.321 e. The molecule has 0 spiro atoms. The molecule has 3 aliphatic heterocycles. The summed E-state index contributed by atoms with van der Waals surface area (Å²) in [4.78, 5) is 30.8. The minimum absolute atomic E-state index is 0.138. The van der Waals surface area contributed by atoms with Gasteiger partial charge in [-0.3, -0.25) is 0 Å². The SMILES string of the molecule is O=C(N1CC1)N1CCN(C(=O)N2CC2)CC1. The van der Waals surface area contributed by atoms with Crippen LogP contribution in [0.4, 0.5) is 9.59 Å². The first kappa shape index (κ1) is 9.74. The van der Waals surface area contributed by atoms with E-state index in [1.165, 1.54) is 0 Å². The molecule has 0 unspecified atom stereocenters. The van der Waals surface area contributed by atoms with Gasteiger partial charge in [0.05, 0.1) is 0 Å². The van der Waals surface area contributed by atoms with Crippen LogP contribution in [0.5, 0.6) is 0 Å². The standard InChI is InChI=1S/C10H16N4O2/c15-9(13-5-6-13)11-1-2-12(4-3-11)10(16)14-7-8-14/h1-8H2. The summed E-state index contributed by atoms with van der Waals surface area (Å²) in [5, 5.41) is 0. The van der Waals surface area contributed by atoms with Crippen molar-refractivity contribution in [1.29, 1.82) is 0 Å². The molecule has 0 aromatic heterocycles. The van der Waals surface area contributed by atoms with Crippen molar-refractivity contribution in [3.8, 4) is 0 Å². The van der Waals surface area contributed by atoms with Gasteiger partial charge in [-0.05, 0) is 0 Å². The Morgan fingerprint density at radius 3 is 0.875 bits per heavy atom. The Bertz CT molecular complexity index is 285. The Morgan fingerprint density at radius 2 is 0.688 bits per heavy atom. The molecule has 6 heteroatoms. The summed E-state index contributed by atoms with van der Waals surface area (Å²) in [5.74, 6) is 0. The van der Waals surface area contributed by atoms with Gasteiger partial charge in [0.15, 0.2) is 0 Å². The van der Waals surface area contributed by atoms with Crippen molar-refractivity contribution >= 4 is 12.1 Å². The third-order valence-corrected chi connectivity index (χ3v) is 3.26. The van der Waals surface area contributed by atoms with E-state index in [0.717, 1.165) is 26.2 Å². The van der Waals surface area contributed by atoms with E-state index in [2.05, 4.69) is 0 Å². The normalized spacial score (nSPS) is 23.5. The summed E-state index contributed by atoms with van der Waals surface area (Å²) < 4.78 is 0. The number of carbonyl (C=O) groups is 2. The lowest BCUT2D eigenvalue weighted by Gasteiger charge is -2.34. The molecule has 0 N–H and O–H groups in total. The minimum atomic E-state index is 0.138. The quantitative estimate of drug-likeness (QED) is 0.520. The summed E-state index contributed by atoms with van der Waals surface area (Å²) >= 11 is 0. The molecule has 3 aliphatic rings. The molecule has 3 rings (SSSR count). The average Bonchev–Trinajstić information content (AvgIpc) is 3.20. The lowest BCUT2D eigenvalue weighted by molar-refractivity contribution is 0.130. The number of hydrogen-bond acceptors (Lipinski definition) is 2. The molecule has 88 valence electrons. The van der Waals surface area contributed by atoms with Crippen molar-refractivity contribution in [2.24, 2.45) is 0 Å². The van der Waals surface area contributed by atoms with Crippen LogP contribution in [-0.2, 0) is 0 Å². The Hall–Kier alpha value is -1.46. The second-order valence-corrected chi connectivity index (χ2v) is 4.51. The van der Waals surface area contributed by atoms with Crippen molar-refractivity contribution in [2.45, 2.75) is 0 Å². The van der Waals surface area contributed by atoms with E-state index < -0.39 is 0 Å². The number of amides is 4. The molecule has 0 atom stereocenters. The molecule has 0 aliphatic carbocycles. The van der Waals surface area contributed by atoms with E-state index in [4.69, 9.17) is 0 Å². The molecule has 3 heterocycles. The summed E-state index contributed by atoms with van der Waals surface area (Å²) in [6.45, 7) is 6.28. The number of hydrogen-bond donors (Lipinski definition) is 0. The first-order valence-electron chi connectivity index (χ1n) is 5.83. The summed E-state index contributed by atoms with van der Waals surface area (Å²) in [5.41, 5.74) is 0. The monoisotopic (exact) mass is 224 g/mol. The van der Waals surface area contributed by atoms with E-state index >= 15 is 0 Å². The first-order chi connectivity index (χ1) is 7.75. The van der Waals surface area contributed by atoms with E-state index in [-0.39, 0.29) is 12.1 Å². The molecule has 6 nitrogen and oxygen atoms in total. The van der Waals surface area contributed by atoms with Crippen LogP contribution in [0.1, 0.15) is 0 Å². The van der Waals surface area contributed by atoms with Gasteiger partial charge in [-0.1, -0.05) is 0 Å². The smallest absolute Gasteiger partial charge is 0.320 e. The number of rotatable bonds is 0. The van der Waals surface area contributed by atoms with Crippen molar-refractivity contribution in [3.63, 3.8) is 0 Å². The number of nitrogens with zero attached hydrogens (tertiary/aromatic N) is 4. The van der Waals surface area contributed by atoms with Crippen LogP contribution in [0.15, 0.2) is 0 Å².